The monoisotopic (exact) mass is 257 g/mol. The van der Waals surface area contributed by atoms with Crippen molar-refractivity contribution in [1.82, 2.24) is 4.90 Å². The van der Waals surface area contributed by atoms with Gasteiger partial charge in [0, 0.05) is 5.54 Å². The van der Waals surface area contributed by atoms with E-state index in [0.29, 0.717) is 11.0 Å². The topological polar surface area (TPSA) is 3.24 Å². The van der Waals surface area contributed by atoms with Crippen LogP contribution in [0.2, 0.25) is 0 Å². The van der Waals surface area contributed by atoms with Gasteiger partial charge >= 0.3 is 0 Å². The molecule has 0 radical (unpaired) electrons. The van der Waals surface area contributed by atoms with E-state index in [1.165, 1.54) is 45.2 Å². The summed E-state index contributed by atoms with van der Waals surface area (Å²) in [5, 5.41) is 0. The van der Waals surface area contributed by atoms with Gasteiger partial charge < -0.3 is 0 Å². The first-order valence-electron chi connectivity index (χ1n) is 7.85. The zero-order valence-electron chi connectivity index (χ0n) is 12.7. The van der Waals surface area contributed by atoms with Gasteiger partial charge in [0.25, 0.3) is 0 Å². The molecule has 1 aliphatic heterocycles. The lowest BCUT2D eigenvalue weighted by Gasteiger charge is -2.49. The van der Waals surface area contributed by atoms with Crippen molar-refractivity contribution in [3.05, 3.63) is 35.4 Å². The van der Waals surface area contributed by atoms with Crippen molar-refractivity contribution < 1.29 is 0 Å². The summed E-state index contributed by atoms with van der Waals surface area (Å²) < 4.78 is 0. The van der Waals surface area contributed by atoms with E-state index in [0.717, 1.165) is 0 Å². The minimum atomic E-state index is 0.329. The van der Waals surface area contributed by atoms with Crippen molar-refractivity contribution in [2.45, 2.75) is 63.8 Å². The normalized spacial score (nSPS) is 23.3. The third kappa shape index (κ3) is 2.33. The lowest BCUT2D eigenvalue weighted by atomic mass is 9.64. The molecule has 1 aromatic rings. The number of rotatable bonds is 0. The minimum absolute atomic E-state index is 0.329. The fourth-order valence-electron chi connectivity index (χ4n) is 4.13. The molecule has 1 aliphatic carbocycles. The third-order valence-corrected chi connectivity index (χ3v) is 5.36. The molecule has 104 valence electrons. The summed E-state index contributed by atoms with van der Waals surface area (Å²) in [6.45, 7) is 9.56. The molecule has 0 atom stereocenters. The molecule has 1 fully saturated rings. The van der Waals surface area contributed by atoms with Crippen molar-refractivity contribution in [3.8, 4) is 0 Å². The molecule has 0 N–H and O–H groups in total. The number of aryl methyl sites for hydroxylation is 1. The Hall–Kier alpha value is -0.820. The molecule has 0 aromatic heterocycles. The molecule has 3 rings (SSSR count). The van der Waals surface area contributed by atoms with E-state index in [4.69, 9.17) is 0 Å². The van der Waals surface area contributed by atoms with Crippen LogP contribution in [-0.2, 0) is 11.8 Å². The Morgan fingerprint density at radius 1 is 1.00 bits per heavy atom. The van der Waals surface area contributed by atoms with Crippen LogP contribution in [-0.4, -0.2) is 23.5 Å². The molecule has 1 heterocycles. The highest BCUT2D eigenvalue weighted by Crippen LogP contribution is 2.45. The minimum Gasteiger partial charge on any atom is -0.298 e. The van der Waals surface area contributed by atoms with Crippen molar-refractivity contribution in [2.24, 2.45) is 0 Å². The van der Waals surface area contributed by atoms with E-state index >= 15 is 0 Å². The Labute approximate surface area is 118 Å². The quantitative estimate of drug-likeness (QED) is 0.674. The first-order valence-corrected chi connectivity index (χ1v) is 7.85. The second-order valence-corrected chi connectivity index (χ2v) is 7.45. The molecule has 19 heavy (non-hydrogen) atoms. The van der Waals surface area contributed by atoms with E-state index in [1.807, 2.05) is 0 Å². The van der Waals surface area contributed by atoms with Gasteiger partial charge in [-0.15, -0.1) is 0 Å². The average molecular weight is 257 g/mol. The number of likely N-dealkylation sites (tertiary alicyclic amines) is 1. The highest BCUT2D eigenvalue weighted by molar-refractivity contribution is 5.37. The van der Waals surface area contributed by atoms with Crippen LogP contribution in [0.4, 0.5) is 0 Å². The molecule has 1 heteroatoms. The summed E-state index contributed by atoms with van der Waals surface area (Å²) in [5.41, 5.74) is 4.12. The molecule has 1 spiro atoms. The predicted octanol–water partition coefficient (Wildman–Crippen LogP) is 4.16. The van der Waals surface area contributed by atoms with Gasteiger partial charge in [0.2, 0.25) is 0 Å². The number of nitrogens with zero attached hydrogens (tertiary/aromatic N) is 1. The Morgan fingerprint density at radius 3 is 2.37 bits per heavy atom. The van der Waals surface area contributed by atoms with E-state index in [9.17, 15) is 0 Å². The highest BCUT2D eigenvalue weighted by Gasteiger charge is 2.40. The summed E-state index contributed by atoms with van der Waals surface area (Å²) in [4.78, 5) is 2.66. The van der Waals surface area contributed by atoms with Crippen LogP contribution in [0.1, 0.15) is 57.6 Å². The van der Waals surface area contributed by atoms with Crippen LogP contribution < -0.4 is 0 Å². The number of hydrogen-bond donors (Lipinski definition) is 0. The van der Waals surface area contributed by atoms with Gasteiger partial charge in [0.15, 0.2) is 0 Å². The van der Waals surface area contributed by atoms with Crippen molar-refractivity contribution >= 4 is 0 Å². The van der Waals surface area contributed by atoms with E-state index in [-0.39, 0.29) is 0 Å². The van der Waals surface area contributed by atoms with Gasteiger partial charge in [0.05, 0.1) is 0 Å². The van der Waals surface area contributed by atoms with Crippen LogP contribution in [0.3, 0.4) is 0 Å². The largest absolute Gasteiger partial charge is 0.298 e. The maximum absolute atomic E-state index is 2.66. The molecule has 1 nitrogen and oxygen atoms in total. The molecule has 0 bridgehead atoms. The zero-order valence-corrected chi connectivity index (χ0v) is 12.7. The van der Waals surface area contributed by atoms with Crippen LogP contribution >= 0.6 is 0 Å². The van der Waals surface area contributed by atoms with E-state index in [1.54, 1.807) is 11.1 Å². The fraction of sp³-hybridized carbons (Fsp3) is 0.667. The Balaban J connectivity index is 1.84. The molecule has 2 aliphatic rings. The van der Waals surface area contributed by atoms with Crippen LogP contribution in [0.25, 0.3) is 0 Å². The summed E-state index contributed by atoms with van der Waals surface area (Å²) >= 11 is 0. The standard InChI is InChI=1S/C18H27N/c1-17(2,3)19-13-11-18(12-14-19)10-6-8-15-7-4-5-9-16(15)18/h4-5,7,9H,6,8,10-14H2,1-3H3. The summed E-state index contributed by atoms with van der Waals surface area (Å²) in [6.07, 6.45) is 6.78. The number of fused-ring (bicyclic) bond motifs is 2. The summed E-state index contributed by atoms with van der Waals surface area (Å²) in [7, 11) is 0. The summed E-state index contributed by atoms with van der Waals surface area (Å²) in [5.74, 6) is 0. The maximum Gasteiger partial charge on any atom is 0.0125 e. The van der Waals surface area contributed by atoms with Crippen molar-refractivity contribution in [2.75, 3.05) is 13.1 Å². The smallest absolute Gasteiger partial charge is 0.0125 e. The van der Waals surface area contributed by atoms with Gasteiger partial charge in [-0.1, -0.05) is 24.3 Å². The van der Waals surface area contributed by atoms with Crippen LogP contribution in [0, 0.1) is 0 Å². The third-order valence-electron chi connectivity index (χ3n) is 5.36. The molecule has 0 saturated carbocycles. The maximum atomic E-state index is 2.66. The molecular formula is C18H27N. The second-order valence-electron chi connectivity index (χ2n) is 7.45. The molecular weight excluding hydrogens is 230 g/mol. The Kier molecular flexibility index (Phi) is 3.21. The first-order chi connectivity index (χ1) is 9.01. The van der Waals surface area contributed by atoms with Gasteiger partial charge in [-0.05, 0) is 82.5 Å². The van der Waals surface area contributed by atoms with Gasteiger partial charge in [-0.25, -0.2) is 0 Å². The van der Waals surface area contributed by atoms with E-state index in [2.05, 4.69) is 49.9 Å². The average Bonchev–Trinajstić information content (AvgIpc) is 2.39. The van der Waals surface area contributed by atoms with Gasteiger partial charge in [-0.3, -0.25) is 4.90 Å². The lowest BCUT2D eigenvalue weighted by molar-refractivity contribution is 0.0681. The van der Waals surface area contributed by atoms with Crippen molar-refractivity contribution in [1.29, 1.82) is 0 Å². The van der Waals surface area contributed by atoms with Crippen LogP contribution in [0.5, 0.6) is 0 Å². The lowest BCUT2D eigenvalue weighted by Crippen LogP contribution is -2.51. The SMILES string of the molecule is CC(C)(C)N1CCC2(CCCc3ccccc32)CC1. The Morgan fingerprint density at radius 2 is 1.68 bits per heavy atom. The highest BCUT2D eigenvalue weighted by atomic mass is 15.2. The molecule has 0 amide bonds. The summed E-state index contributed by atoms with van der Waals surface area (Å²) in [6, 6.07) is 9.21. The second kappa shape index (κ2) is 4.63. The molecule has 1 aromatic carbocycles. The Bertz CT molecular complexity index is 447. The van der Waals surface area contributed by atoms with Crippen molar-refractivity contribution in [3.63, 3.8) is 0 Å². The van der Waals surface area contributed by atoms with E-state index < -0.39 is 0 Å². The zero-order chi connectivity index (χ0) is 13.5. The molecule has 1 saturated heterocycles. The number of piperidine rings is 1. The predicted molar refractivity (Wildman–Crippen MR) is 81.6 cm³/mol. The number of hydrogen-bond acceptors (Lipinski definition) is 1. The van der Waals surface area contributed by atoms with Crippen LogP contribution in [0.15, 0.2) is 24.3 Å². The van der Waals surface area contributed by atoms with Gasteiger partial charge in [-0.2, -0.15) is 0 Å². The fourth-order valence-corrected chi connectivity index (χ4v) is 4.13. The van der Waals surface area contributed by atoms with Gasteiger partial charge in [0.1, 0.15) is 0 Å². The molecule has 0 unspecified atom stereocenters. The first kappa shape index (κ1) is 13.2. The number of benzene rings is 1.